The van der Waals surface area contributed by atoms with Crippen molar-refractivity contribution in [2.45, 2.75) is 13.3 Å². The molecule has 1 aliphatic rings. The molecule has 0 aromatic carbocycles. The molecule has 1 aliphatic heterocycles. The largest absolute Gasteiger partial charge is 0.275 e. The van der Waals surface area contributed by atoms with E-state index in [4.69, 9.17) is 0 Å². The number of aryl methyl sites for hydroxylation is 2. The van der Waals surface area contributed by atoms with E-state index in [9.17, 15) is 4.79 Å². The first-order chi connectivity index (χ1) is 6.58. The van der Waals surface area contributed by atoms with Crippen molar-refractivity contribution in [3.63, 3.8) is 0 Å². The number of aromatic nitrogens is 2. The van der Waals surface area contributed by atoms with Crippen LogP contribution in [0.1, 0.15) is 17.7 Å². The first kappa shape index (κ1) is 8.93. The van der Waals surface area contributed by atoms with Gasteiger partial charge in [0.1, 0.15) is 0 Å². The van der Waals surface area contributed by atoms with E-state index >= 15 is 0 Å². The van der Waals surface area contributed by atoms with Crippen LogP contribution in [0.15, 0.2) is 11.3 Å². The predicted molar refractivity (Wildman–Crippen MR) is 51.9 cm³/mol. The molecule has 0 unspecified atom stereocenters. The minimum absolute atomic E-state index is 0.0308. The average molecular weight is 192 g/mol. The molecule has 74 valence electrons. The lowest BCUT2D eigenvalue weighted by atomic mass is 10.1. The molecular weight excluding hydrogens is 180 g/mol. The third-order valence-electron chi connectivity index (χ3n) is 2.27. The number of hydrazone groups is 1. The molecule has 0 atom stereocenters. The Hall–Kier alpha value is -1.65. The predicted octanol–water partition coefficient (Wildman–Crippen LogP) is 0.295. The Bertz CT molecular complexity index is 418. The van der Waals surface area contributed by atoms with Crippen molar-refractivity contribution in [1.82, 2.24) is 14.8 Å². The van der Waals surface area contributed by atoms with Gasteiger partial charge in [-0.05, 0) is 6.92 Å². The summed E-state index contributed by atoms with van der Waals surface area (Å²) < 4.78 is 1.73. The van der Waals surface area contributed by atoms with Gasteiger partial charge in [-0.2, -0.15) is 10.2 Å². The van der Waals surface area contributed by atoms with Crippen LogP contribution in [0.4, 0.5) is 0 Å². The molecule has 14 heavy (non-hydrogen) atoms. The highest BCUT2D eigenvalue weighted by Crippen LogP contribution is 2.15. The molecule has 5 nitrogen and oxygen atoms in total. The van der Waals surface area contributed by atoms with Crippen LogP contribution in [-0.2, 0) is 11.8 Å². The average Bonchev–Trinajstić information content (AvgIpc) is 2.57. The normalized spacial score (nSPS) is 16.4. The fourth-order valence-corrected chi connectivity index (χ4v) is 1.56. The SMILES string of the molecule is Cc1nn(C)cc1C1=NN(C)C(=O)C1. The van der Waals surface area contributed by atoms with E-state index < -0.39 is 0 Å². The van der Waals surface area contributed by atoms with Crippen LogP contribution in [0.2, 0.25) is 0 Å². The van der Waals surface area contributed by atoms with E-state index in [2.05, 4.69) is 10.2 Å². The van der Waals surface area contributed by atoms with Gasteiger partial charge in [-0.1, -0.05) is 0 Å². The highest BCUT2D eigenvalue weighted by molar-refractivity contribution is 6.13. The maximum Gasteiger partial charge on any atom is 0.248 e. The zero-order valence-corrected chi connectivity index (χ0v) is 8.48. The topological polar surface area (TPSA) is 50.5 Å². The van der Waals surface area contributed by atoms with Gasteiger partial charge < -0.3 is 0 Å². The van der Waals surface area contributed by atoms with E-state index in [0.717, 1.165) is 17.0 Å². The monoisotopic (exact) mass is 192 g/mol. The van der Waals surface area contributed by atoms with Crippen LogP contribution in [0.5, 0.6) is 0 Å². The summed E-state index contributed by atoms with van der Waals surface area (Å²) in [6, 6.07) is 0. The number of carbonyl (C=O) groups is 1. The fourth-order valence-electron chi connectivity index (χ4n) is 1.56. The van der Waals surface area contributed by atoms with E-state index in [-0.39, 0.29) is 5.91 Å². The molecule has 0 saturated carbocycles. The molecule has 1 amide bonds. The molecule has 0 radical (unpaired) electrons. The van der Waals surface area contributed by atoms with Crippen LogP contribution in [0.25, 0.3) is 0 Å². The Morgan fingerprint density at radius 2 is 2.14 bits per heavy atom. The smallest absolute Gasteiger partial charge is 0.248 e. The fraction of sp³-hybridized carbons (Fsp3) is 0.444. The van der Waals surface area contributed by atoms with Crippen molar-refractivity contribution in [3.8, 4) is 0 Å². The van der Waals surface area contributed by atoms with Crippen molar-refractivity contribution in [2.24, 2.45) is 12.1 Å². The summed E-state index contributed by atoms with van der Waals surface area (Å²) in [6.07, 6.45) is 2.27. The van der Waals surface area contributed by atoms with Crippen LogP contribution in [0, 0.1) is 6.92 Å². The molecule has 0 N–H and O–H groups in total. The minimum Gasteiger partial charge on any atom is -0.275 e. The third kappa shape index (κ3) is 1.30. The maximum absolute atomic E-state index is 11.3. The molecule has 0 fully saturated rings. The van der Waals surface area contributed by atoms with Gasteiger partial charge in [0.25, 0.3) is 0 Å². The molecule has 0 aliphatic carbocycles. The van der Waals surface area contributed by atoms with Gasteiger partial charge in [0.15, 0.2) is 0 Å². The van der Waals surface area contributed by atoms with Crippen molar-refractivity contribution < 1.29 is 4.79 Å². The van der Waals surface area contributed by atoms with Gasteiger partial charge in [-0.15, -0.1) is 0 Å². The molecular formula is C9H12N4O. The van der Waals surface area contributed by atoms with E-state index in [1.54, 1.807) is 11.7 Å². The lowest BCUT2D eigenvalue weighted by Gasteiger charge is -1.98. The summed E-state index contributed by atoms with van der Waals surface area (Å²) in [5.74, 6) is 0.0308. The molecule has 0 saturated heterocycles. The van der Waals surface area contributed by atoms with Gasteiger partial charge in [0, 0.05) is 25.9 Å². The number of nitrogens with zero attached hydrogens (tertiary/aromatic N) is 4. The Morgan fingerprint density at radius 3 is 2.57 bits per heavy atom. The molecule has 0 spiro atoms. The van der Waals surface area contributed by atoms with Crippen LogP contribution < -0.4 is 0 Å². The zero-order valence-electron chi connectivity index (χ0n) is 8.48. The van der Waals surface area contributed by atoms with Crippen molar-refractivity contribution in [3.05, 3.63) is 17.5 Å². The second kappa shape index (κ2) is 2.94. The second-order valence-electron chi connectivity index (χ2n) is 3.44. The van der Waals surface area contributed by atoms with E-state index in [1.807, 2.05) is 20.2 Å². The van der Waals surface area contributed by atoms with Crippen molar-refractivity contribution >= 4 is 11.6 Å². The molecule has 1 aromatic heterocycles. The second-order valence-corrected chi connectivity index (χ2v) is 3.44. The molecule has 2 rings (SSSR count). The van der Waals surface area contributed by atoms with Gasteiger partial charge in [-0.3, -0.25) is 9.48 Å². The van der Waals surface area contributed by atoms with Gasteiger partial charge in [0.05, 0.1) is 17.8 Å². The summed E-state index contributed by atoms with van der Waals surface area (Å²) in [6.45, 7) is 1.92. The number of carbonyl (C=O) groups excluding carboxylic acids is 1. The first-order valence-corrected chi connectivity index (χ1v) is 4.42. The van der Waals surface area contributed by atoms with E-state index in [1.165, 1.54) is 5.01 Å². The minimum atomic E-state index is 0.0308. The summed E-state index contributed by atoms with van der Waals surface area (Å²) in [5.41, 5.74) is 2.68. The lowest BCUT2D eigenvalue weighted by molar-refractivity contribution is -0.127. The molecule has 0 bridgehead atoms. The molecule has 5 heteroatoms. The highest BCUT2D eigenvalue weighted by Gasteiger charge is 2.23. The number of rotatable bonds is 1. The Morgan fingerprint density at radius 1 is 1.43 bits per heavy atom. The lowest BCUT2D eigenvalue weighted by Crippen LogP contribution is -2.14. The quantitative estimate of drug-likeness (QED) is 0.642. The van der Waals surface area contributed by atoms with Crippen LogP contribution in [0.3, 0.4) is 0 Å². The maximum atomic E-state index is 11.3. The summed E-state index contributed by atoms with van der Waals surface area (Å²) in [5, 5.41) is 9.75. The van der Waals surface area contributed by atoms with Crippen LogP contribution >= 0.6 is 0 Å². The van der Waals surface area contributed by atoms with Crippen molar-refractivity contribution in [2.75, 3.05) is 7.05 Å². The van der Waals surface area contributed by atoms with Crippen LogP contribution in [-0.4, -0.2) is 33.5 Å². The standard InChI is InChI=1S/C9H12N4O/c1-6-7(5-12(2)10-6)8-4-9(14)13(3)11-8/h5H,4H2,1-3H3. The van der Waals surface area contributed by atoms with Gasteiger partial charge in [0.2, 0.25) is 5.91 Å². The number of hydrogen-bond donors (Lipinski definition) is 0. The summed E-state index contributed by atoms with van der Waals surface area (Å²) >= 11 is 0. The van der Waals surface area contributed by atoms with Gasteiger partial charge in [-0.25, -0.2) is 5.01 Å². The molecule has 1 aromatic rings. The number of amides is 1. The summed E-state index contributed by atoms with van der Waals surface area (Å²) in [4.78, 5) is 11.3. The first-order valence-electron chi connectivity index (χ1n) is 4.42. The zero-order chi connectivity index (χ0) is 10.3. The Kier molecular flexibility index (Phi) is 1.87. The van der Waals surface area contributed by atoms with Crippen molar-refractivity contribution in [1.29, 1.82) is 0 Å². The Balaban J connectivity index is 2.37. The highest BCUT2D eigenvalue weighted by atomic mass is 16.2. The third-order valence-corrected chi connectivity index (χ3v) is 2.27. The molecule has 2 heterocycles. The van der Waals surface area contributed by atoms with E-state index in [0.29, 0.717) is 6.42 Å². The van der Waals surface area contributed by atoms with Gasteiger partial charge >= 0.3 is 0 Å². The summed E-state index contributed by atoms with van der Waals surface area (Å²) in [7, 11) is 3.53. The number of hydrogen-bond acceptors (Lipinski definition) is 3. The Labute approximate surface area is 82.0 Å².